The fraction of sp³-hybridized carbons (Fsp3) is 0.222. The summed E-state index contributed by atoms with van der Waals surface area (Å²) in [6.45, 7) is 0.489. The lowest BCUT2D eigenvalue weighted by molar-refractivity contribution is -0.385. The molecule has 0 aromatic heterocycles. The number of para-hydroxylation sites is 1. The maximum atomic E-state index is 10.5. The molecule has 0 aliphatic rings. The maximum Gasteiger partial charge on any atom is 0.293 e. The van der Waals surface area contributed by atoms with Crippen molar-refractivity contribution in [2.24, 2.45) is 0 Å². The molecule has 0 fully saturated rings. The monoisotopic (exact) mass is 195 g/mol. The number of carbonyl (C=O) groups is 1. The van der Waals surface area contributed by atoms with Crippen LogP contribution in [0.2, 0.25) is 0 Å². The fourth-order valence-electron chi connectivity index (χ4n) is 1.12. The summed E-state index contributed by atoms with van der Waals surface area (Å²) in [5.41, 5.74) is 0.626. The van der Waals surface area contributed by atoms with Gasteiger partial charge in [-0.2, -0.15) is 0 Å². The van der Waals surface area contributed by atoms with Crippen molar-refractivity contribution in [3.63, 3.8) is 0 Å². The molecule has 0 heterocycles. The zero-order chi connectivity index (χ0) is 10.4. The first-order chi connectivity index (χ1) is 6.75. The minimum Gasteiger partial charge on any atom is -0.468 e. The predicted molar refractivity (Wildman–Crippen MR) is 48.8 cm³/mol. The van der Waals surface area contributed by atoms with E-state index in [1.165, 1.54) is 6.07 Å². The Kier molecular flexibility index (Phi) is 3.60. The van der Waals surface area contributed by atoms with E-state index >= 15 is 0 Å². The molecule has 0 aliphatic heterocycles. The lowest BCUT2D eigenvalue weighted by Crippen LogP contribution is -2.00. The Labute approximate surface area is 80.5 Å². The van der Waals surface area contributed by atoms with Crippen molar-refractivity contribution in [2.75, 3.05) is 6.61 Å². The molecule has 0 saturated carbocycles. The third kappa shape index (κ3) is 2.55. The topological polar surface area (TPSA) is 69.4 Å². The summed E-state index contributed by atoms with van der Waals surface area (Å²) >= 11 is 0. The second kappa shape index (κ2) is 4.96. The Bertz CT molecular complexity index is 337. The van der Waals surface area contributed by atoms with E-state index in [-0.39, 0.29) is 12.3 Å². The van der Waals surface area contributed by atoms with Crippen LogP contribution in [0.25, 0.3) is 0 Å². The lowest BCUT2D eigenvalue weighted by atomic mass is 10.1. The zero-order valence-electron chi connectivity index (χ0n) is 7.38. The van der Waals surface area contributed by atoms with Crippen LogP contribution in [-0.4, -0.2) is 18.0 Å². The van der Waals surface area contributed by atoms with E-state index in [4.69, 9.17) is 0 Å². The molecule has 0 N–H and O–H groups in total. The van der Waals surface area contributed by atoms with Crippen LogP contribution in [0.3, 0.4) is 0 Å². The highest BCUT2D eigenvalue weighted by Gasteiger charge is 2.11. The first-order valence-electron chi connectivity index (χ1n) is 4.03. The van der Waals surface area contributed by atoms with Crippen LogP contribution in [0, 0.1) is 10.1 Å². The smallest absolute Gasteiger partial charge is 0.293 e. The van der Waals surface area contributed by atoms with Crippen LogP contribution in [0.1, 0.15) is 5.56 Å². The van der Waals surface area contributed by atoms with Crippen LogP contribution in [0.5, 0.6) is 0 Å². The molecule has 0 aliphatic carbocycles. The molecule has 0 unspecified atom stereocenters. The highest BCUT2D eigenvalue weighted by Crippen LogP contribution is 2.17. The lowest BCUT2D eigenvalue weighted by Gasteiger charge is -2.00. The largest absolute Gasteiger partial charge is 0.468 e. The third-order valence-electron chi connectivity index (χ3n) is 1.75. The van der Waals surface area contributed by atoms with Gasteiger partial charge in [-0.05, 0) is 0 Å². The van der Waals surface area contributed by atoms with E-state index in [1.54, 1.807) is 18.2 Å². The van der Waals surface area contributed by atoms with Gasteiger partial charge in [0.1, 0.15) is 0 Å². The van der Waals surface area contributed by atoms with E-state index in [2.05, 4.69) is 4.74 Å². The van der Waals surface area contributed by atoms with E-state index in [1.807, 2.05) is 0 Å². The van der Waals surface area contributed by atoms with Crippen LogP contribution in [0.4, 0.5) is 5.69 Å². The molecule has 1 aromatic carbocycles. The SMILES string of the molecule is O=COCCc1ccccc1[N+](=O)[O-]. The standard InChI is InChI=1S/C9H9NO4/c11-7-14-6-5-8-3-1-2-4-9(8)10(12)13/h1-4,7H,5-6H2. The summed E-state index contributed by atoms with van der Waals surface area (Å²) < 4.78 is 4.47. The highest BCUT2D eigenvalue weighted by atomic mass is 16.6. The molecule has 1 aromatic rings. The molecule has 5 heteroatoms. The van der Waals surface area contributed by atoms with Gasteiger partial charge in [0.25, 0.3) is 12.2 Å². The van der Waals surface area contributed by atoms with Gasteiger partial charge >= 0.3 is 0 Å². The maximum absolute atomic E-state index is 10.5. The highest BCUT2D eigenvalue weighted by molar-refractivity contribution is 5.40. The van der Waals surface area contributed by atoms with Crippen molar-refractivity contribution in [1.82, 2.24) is 0 Å². The summed E-state index contributed by atoms with van der Waals surface area (Å²) in [5, 5.41) is 10.5. The molecular weight excluding hydrogens is 186 g/mol. The average Bonchev–Trinajstić information content (AvgIpc) is 2.19. The van der Waals surface area contributed by atoms with Gasteiger partial charge in [0, 0.05) is 18.1 Å². The van der Waals surface area contributed by atoms with E-state index in [0.717, 1.165) is 0 Å². The Morgan fingerprint density at radius 1 is 1.43 bits per heavy atom. The minimum absolute atomic E-state index is 0.0574. The van der Waals surface area contributed by atoms with Gasteiger partial charge in [-0.25, -0.2) is 0 Å². The number of hydrogen-bond donors (Lipinski definition) is 0. The first-order valence-corrected chi connectivity index (χ1v) is 4.03. The molecule has 1 rings (SSSR count). The quantitative estimate of drug-likeness (QED) is 0.307. The Hall–Kier alpha value is -1.91. The van der Waals surface area contributed by atoms with Crippen LogP contribution in [0.15, 0.2) is 24.3 Å². The molecular formula is C9H9NO4. The van der Waals surface area contributed by atoms with Crippen LogP contribution in [-0.2, 0) is 16.0 Å². The van der Waals surface area contributed by atoms with Crippen molar-refractivity contribution in [3.8, 4) is 0 Å². The third-order valence-corrected chi connectivity index (χ3v) is 1.75. The Balaban J connectivity index is 2.74. The van der Waals surface area contributed by atoms with Crippen molar-refractivity contribution >= 4 is 12.2 Å². The number of benzene rings is 1. The minimum atomic E-state index is -0.448. The molecule has 0 atom stereocenters. The van der Waals surface area contributed by atoms with Crippen molar-refractivity contribution in [1.29, 1.82) is 0 Å². The van der Waals surface area contributed by atoms with Gasteiger partial charge < -0.3 is 4.74 Å². The molecule has 5 nitrogen and oxygen atoms in total. The van der Waals surface area contributed by atoms with Gasteiger partial charge in [-0.3, -0.25) is 14.9 Å². The molecule has 0 radical (unpaired) electrons. The molecule has 0 bridgehead atoms. The van der Waals surface area contributed by atoms with Crippen molar-refractivity contribution in [2.45, 2.75) is 6.42 Å². The summed E-state index contributed by atoms with van der Waals surface area (Å²) in [6, 6.07) is 6.38. The summed E-state index contributed by atoms with van der Waals surface area (Å²) in [5.74, 6) is 0. The van der Waals surface area contributed by atoms with Gasteiger partial charge in [0.05, 0.1) is 11.5 Å². The number of carbonyl (C=O) groups excluding carboxylic acids is 1. The average molecular weight is 195 g/mol. The second-order valence-corrected chi connectivity index (χ2v) is 2.60. The zero-order valence-corrected chi connectivity index (χ0v) is 7.38. The van der Waals surface area contributed by atoms with E-state index < -0.39 is 4.92 Å². The molecule has 0 saturated heterocycles. The second-order valence-electron chi connectivity index (χ2n) is 2.60. The Morgan fingerprint density at radius 2 is 2.14 bits per heavy atom. The van der Waals surface area contributed by atoms with Gasteiger partial charge in [-0.15, -0.1) is 0 Å². The number of hydrogen-bond acceptors (Lipinski definition) is 4. The molecule has 0 spiro atoms. The number of nitrogens with zero attached hydrogens (tertiary/aromatic N) is 1. The van der Waals surface area contributed by atoms with Crippen LogP contribution < -0.4 is 0 Å². The van der Waals surface area contributed by atoms with Crippen molar-refractivity contribution in [3.05, 3.63) is 39.9 Å². The summed E-state index contributed by atoms with van der Waals surface area (Å²) in [4.78, 5) is 20.0. The summed E-state index contributed by atoms with van der Waals surface area (Å²) in [6.07, 6.45) is 0.357. The molecule has 14 heavy (non-hydrogen) atoms. The van der Waals surface area contributed by atoms with Gasteiger partial charge in [0.15, 0.2) is 0 Å². The number of nitro groups is 1. The van der Waals surface area contributed by atoms with Crippen LogP contribution >= 0.6 is 0 Å². The van der Waals surface area contributed by atoms with E-state index in [0.29, 0.717) is 18.5 Å². The van der Waals surface area contributed by atoms with E-state index in [9.17, 15) is 14.9 Å². The predicted octanol–water partition coefficient (Wildman–Crippen LogP) is 1.31. The Morgan fingerprint density at radius 3 is 2.79 bits per heavy atom. The normalized spacial score (nSPS) is 9.43. The summed E-state index contributed by atoms with van der Waals surface area (Å²) in [7, 11) is 0. The number of rotatable bonds is 5. The number of nitro benzene ring substituents is 1. The van der Waals surface area contributed by atoms with Gasteiger partial charge in [-0.1, -0.05) is 18.2 Å². The van der Waals surface area contributed by atoms with Crippen molar-refractivity contribution < 1.29 is 14.5 Å². The molecule has 74 valence electrons. The van der Waals surface area contributed by atoms with Gasteiger partial charge in [0.2, 0.25) is 0 Å². The molecule has 0 amide bonds. The number of ether oxygens (including phenoxy) is 1. The fourth-order valence-corrected chi connectivity index (χ4v) is 1.12. The first kappa shape index (κ1) is 10.2.